The quantitative estimate of drug-likeness (QED) is 0.843. The minimum Gasteiger partial charge on any atom is -0.399 e. The number of nitrogens with one attached hydrogen (secondary N) is 1. The summed E-state index contributed by atoms with van der Waals surface area (Å²) in [5, 5.41) is 5.41. The second-order valence-corrected chi connectivity index (χ2v) is 6.93. The summed E-state index contributed by atoms with van der Waals surface area (Å²) in [6.45, 7) is 0. The van der Waals surface area contributed by atoms with E-state index in [0.29, 0.717) is 6.04 Å². The zero-order valence-corrected chi connectivity index (χ0v) is 12.0. The monoisotopic (exact) mass is 279 g/mol. The van der Waals surface area contributed by atoms with Crippen LogP contribution in [0.2, 0.25) is 0 Å². The van der Waals surface area contributed by atoms with Gasteiger partial charge in [0.25, 0.3) is 0 Å². The number of aromatic nitrogens is 1. The van der Waals surface area contributed by atoms with Crippen molar-refractivity contribution in [3.05, 3.63) is 18.2 Å². The Kier molecular flexibility index (Phi) is 3.35. The van der Waals surface area contributed by atoms with Gasteiger partial charge in [-0.25, -0.2) is 4.98 Å². The number of nitrogens with zero attached hydrogens (tertiary/aromatic N) is 1. The van der Waals surface area contributed by atoms with E-state index in [9.17, 15) is 0 Å². The van der Waals surface area contributed by atoms with Gasteiger partial charge in [0.05, 0.1) is 10.2 Å². The first-order valence-electron chi connectivity index (χ1n) is 6.20. The maximum atomic E-state index is 5.79. The van der Waals surface area contributed by atoms with E-state index in [-0.39, 0.29) is 0 Å². The molecule has 0 aliphatic heterocycles. The lowest BCUT2D eigenvalue weighted by Crippen LogP contribution is -2.15. The van der Waals surface area contributed by atoms with Crippen molar-refractivity contribution in [1.29, 1.82) is 0 Å². The molecule has 1 fully saturated rings. The summed E-state index contributed by atoms with van der Waals surface area (Å²) in [7, 11) is 0. The molecule has 1 heterocycles. The zero-order valence-electron chi connectivity index (χ0n) is 10.3. The van der Waals surface area contributed by atoms with Crippen LogP contribution in [0.5, 0.6) is 0 Å². The first-order chi connectivity index (χ1) is 8.74. The first kappa shape index (κ1) is 12.1. The molecule has 0 amide bonds. The third-order valence-electron chi connectivity index (χ3n) is 3.46. The van der Waals surface area contributed by atoms with Crippen LogP contribution in [0.3, 0.4) is 0 Å². The maximum absolute atomic E-state index is 5.79. The highest BCUT2D eigenvalue weighted by molar-refractivity contribution is 7.99. The van der Waals surface area contributed by atoms with Gasteiger partial charge >= 0.3 is 0 Å². The van der Waals surface area contributed by atoms with Gasteiger partial charge in [0.2, 0.25) is 0 Å². The largest absolute Gasteiger partial charge is 0.399 e. The fourth-order valence-electron chi connectivity index (χ4n) is 2.46. The van der Waals surface area contributed by atoms with Gasteiger partial charge in [-0.2, -0.15) is 11.8 Å². The van der Waals surface area contributed by atoms with Crippen LogP contribution in [0.25, 0.3) is 10.2 Å². The molecule has 0 saturated heterocycles. The molecule has 2 aromatic rings. The molecule has 3 nitrogen and oxygen atoms in total. The highest BCUT2D eigenvalue weighted by Gasteiger charge is 2.24. The molecule has 18 heavy (non-hydrogen) atoms. The smallest absolute Gasteiger partial charge is 0.184 e. The standard InChI is InChI=1S/C13H17N3S2/c1-17-10-4-3-9(7-10)15-13-16-11-5-2-8(14)6-12(11)18-13/h2,5-6,9-10H,3-4,7,14H2,1H3,(H,15,16). The third kappa shape index (κ3) is 2.42. The van der Waals surface area contributed by atoms with Crippen LogP contribution in [0.15, 0.2) is 18.2 Å². The minimum atomic E-state index is 0.584. The Balaban J connectivity index is 1.75. The van der Waals surface area contributed by atoms with E-state index in [4.69, 9.17) is 5.73 Å². The predicted octanol–water partition coefficient (Wildman–Crippen LogP) is 3.57. The topological polar surface area (TPSA) is 50.9 Å². The van der Waals surface area contributed by atoms with Gasteiger partial charge in [0.1, 0.15) is 0 Å². The Morgan fingerprint density at radius 1 is 1.44 bits per heavy atom. The number of nitrogens with two attached hydrogens (primary N) is 1. The van der Waals surface area contributed by atoms with Crippen LogP contribution in [0.4, 0.5) is 10.8 Å². The number of benzene rings is 1. The van der Waals surface area contributed by atoms with Crippen molar-refractivity contribution in [2.45, 2.75) is 30.6 Å². The summed E-state index contributed by atoms with van der Waals surface area (Å²) in [6, 6.07) is 6.48. The van der Waals surface area contributed by atoms with Crippen molar-refractivity contribution in [3.8, 4) is 0 Å². The van der Waals surface area contributed by atoms with Gasteiger partial charge in [-0.05, 0) is 43.7 Å². The van der Waals surface area contributed by atoms with Gasteiger partial charge in [-0.15, -0.1) is 0 Å². The summed E-state index contributed by atoms with van der Waals surface area (Å²) >= 11 is 3.68. The molecule has 0 radical (unpaired) electrons. The molecule has 0 bridgehead atoms. The molecular formula is C13H17N3S2. The van der Waals surface area contributed by atoms with Gasteiger partial charge in [-0.3, -0.25) is 0 Å². The van der Waals surface area contributed by atoms with Crippen molar-refractivity contribution in [2.75, 3.05) is 17.3 Å². The number of hydrogen-bond acceptors (Lipinski definition) is 5. The Morgan fingerprint density at radius 2 is 2.33 bits per heavy atom. The van der Waals surface area contributed by atoms with Crippen LogP contribution in [0, 0.1) is 0 Å². The highest BCUT2D eigenvalue weighted by atomic mass is 32.2. The van der Waals surface area contributed by atoms with Crippen molar-refractivity contribution >= 4 is 44.1 Å². The van der Waals surface area contributed by atoms with Crippen molar-refractivity contribution < 1.29 is 0 Å². The first-order valence-corrected chi connectivity index (χ1v) is 8.30. The van der Waals surface area contributed by atoms with Gasteiger partial charge in [0.15, 0.2) is 5.13 Å². The van der Waals surface area contributed by atoms with Gasteiger partial charge < -0.3 is 11.1 Å². The summed E-state index contributed by atoms with van der Waals surface area (Å²) in [6.07, 6.45) is 6.02. The lowest BCUT2D eigenvalue weighted by molar-refractivity contribution is 0.756. The average molecular weight is 279 g/mol. The van der Waals surface area contributed by atoms with E-state index < -0.39 is 0 Å². The molecule has 2 unspecified atom stereocenters. The predicted molar refractivity (Wildman–Crippen MR) is 82.6 cm³/mol. The second-order valence-electron chi connectivity index (χ2n) is 4.76. The maximum Gasteiger partial charge on any atom is 0.184 e. The van der Waals surface area contributed by atoms with Gasteiger partial charge in [0, 0.05) is 17.0 Å². The molecule has 1 aromatic heterocycles. The lowest BCUT2D eigenvalue weighted by Gasteiger charge is -2.10. The fraction of sp³-hybridized carbons (Fsp3) is 0.462. The number of hydrogen-bond donors (Lipinski definition) is 2. The molecule has 96 valence electrons. The average Bonchev–Trinajstić information content (AvgIpc) is 2.95. The van der Waals surface area contributed by atoms with Crippen LogP contribution in [-0.4, -0.2) is 22.5 Å². The fourth-order valence-corrected chi connectivity index (χ4v) is 4.25. The number of fused-ring (bicyclic) bond motifs is 1. The lowest BCUT2D eigenvalue weighted by atomic mass is 10.3. The van der Waals surface area contributed by atoms with Crippen LogP contribution >= 0.6 is 23.1 Å². The van der Waals surface area contributed by atoms with Crippen molar-refractivity contribution in [3.63, 3.8) is 0 Å². The molecule has 2 atom stereocenters. The Morgan fingerprint density at radius 3 is 3.11 bits per heavy atom. The molecular weight excluding hydrogens is 262 g/mol. The Labute approximate surface area is 115 Å². The van der Waals surface area contributed by atoms with Crippen molar-refractivity contribution in [1.82, 2.24) is 4.98 Å². The SMILES string of the molecule is CSC1CCC(Nc2nc3ccc(N)cc3s2)C1. The summed E-state index contributed by atoms with van der Waals surface area (Å²) in [5.41, 5.74) is 7.63. The third-order valence-corrected chi connectivity index (χ3v) is 5.50. The molecule has 1 saturated carbocycles. The van der Waals surface area contributed by atoms with E-state index in [2.05, 4.69) is 16.6 Å². The van der Waals surface area contributed by atoms with E-state index in [1.54, 1.807) is 11.3 Å². The molecule has 1 aromatic carbocycles. The minimum absolute atomic E-state index is 0.584. The van der Waals surface area contributed by atoms with Crippen LogP contribution < -0.4 is 11.1 Å². The molecule has 0 spiro atoms. The molecule has 1 aliphatic rings. The summed E-state index contributed by atoms with van der Waals surface area (Å²) in [5.74, 6) is 0. The van der Waals surface area contributed by atoms with Crippen LogP contribution in [0.1, 0.15) is 19.3 Å². The van der Waals surface area contributed by atoms with E-state index in [0.717, 1.165) is 26.3 Å². The number of rotatable bonds is 3. The molecule has 3 rings (SSSR count). The molecule has 1 aliphatic carbocycles. The Bertz CT molecular complexity index is 552. The van der Waals surface area contributed by atoms with E-state index >= 15 is 0 Å². The summed E-state index contributed by atoms with van der Waals surface area (Å²) in [4.78, 5) is 4.61. The Hall–Kier alpha value is -0.940. The zero-order chi connectivity index (χ0) is 12.5. The number of anilines is 2. The van der Waals surface area contributed by atoms with Crippen LogP contribution in [-0.2, 0) is 0 Å². The highest BCUT2D eigenvalue weighted by Crippen LogP contribution is 2.33. The van der Waals surface area contributed by atoms with E-state index in [1.165, 1.54) is 19.3 Å². The number of nitrogen functional groups attached to an aromatic ring is 1. The van der Waals surface area contributed by atoms with Crippen molar-refractivity contribution in [2.24, 2.45) is 0 Å². The normalized spacial score (nSPS) is 23.6. The van der Waals surface area contributed by atoms with E-state index in [1.807, 2.05) is 30.0 Å². The number of thioether (sulfide) groups is 1. The second kappa shape index (κ2) is 4.97. The molecule has 3 N–H and O–H groups in total. The molecule has 5 heteroatoms. The number of thiazole rings is 1. The summed E-state index contributed by atoms with van der Waals surface area (Å²) < 4.78 is 1.16. The van der Waals surface area contributed by atoms with Gasteiger partial charge in [-0.1, -0.05) is 11.3 Å².